The van der Waals surface area contributed by atoms with Crippen LogP contribution in [0.2, 0.25) is 5.02 Å². The number of aromatic amines is 1. The van der Waals surface area contributed by atoms with E-state index in [-0.39, 0.29) is 31.4 Å². The Labute approximate surface area is 151 Å². The van der Waals surface area contributed by atoms with Gasteiger partial charge in [-0.05, 0) is 24.3 Å². The van der Waals surface area contributed by atoms with Crippen LogP contribution in [-0.4, -0.2) is 40.2 Å². The van der Waals surface area contributed by atoms with Crippen molar-refractivity contribution in [1.29, 1.82) is 0 Å². The lowest BCUT2D eigenvalue weighted by Gasteiger charge is -2.32. The number of carbonyl (C=O) groups excluding carboxylic acids is 1. The molecule has 7 heteroatoms. The Balaban J connectivity index is 0.00000225. The summed E-state index contributed by atoms with van der Waals surface area (Å²) in [6.07, 6.45) is 1.82. The molecule has 0 radical (unpaired) electrons. The van der Waals surface area contributed by atoms with E-state index < -0.39 is 0 Å². The zero-order valence-electron chi connectivity index (χ0n) is 13.1. The van der Waals surface area contributed by atoms with Crippen molar-refractivity contribution in [2.75, 3.05) is 13.1 Å². The number of hydrogen-bond donors (Lipinski definition) is 1. The number of rotatable bonds is 4. The van der Waals surface area contributed by atoms with Crippen molar-refractivity contribution in [2.24, 2.45) is 0 Å². The van der Waals surface area contributed by atoms with Gasteiger partial charge in [0.05, 0.1) is 12.1 Å². The van der Waals surface area contributed by atoms with E-state index in [1.807, 2.05) is 17.0 Å². The first-order chi connectivity index (χ1) is 11.6. The molecule has 2 heterocycles. The number of halogens is 1. The van der Waals surface area contributed by atoms with Crippen molar-refractivity contribution in [3.05, 3.63) is 57.5 Å². The van der Waals surface area contributed by atoms with Gasteiger partial charge in [0.25, 0.3) is 5.56 Å². The Bertz CT molecular complexity index is 750. The number of nitrogens with one attached hydrogen (secondary N) is 1. The molecule has 0 aliphatic carbocycles. The van der Waals surface area contributed by atoms with E-state index in [2.05, 4.69) is 10.2 Å². The number of hydrogen-bond acceptors (Lipinski definition) is 4. The topological polar surface area (TPSA) is 75.3 Å². The van der Waals surface area contributed by atoms with Gasteiger partial charge in [-0.3, -0.25) is 9.59 Å². The van der Waals surface area contributed by atoms with Crippen LogP contribution in [0.15, 0.2) is 41.2 Å². The molecule has 1 N–H and O–H groups in total. The molecule has 3 rings (SSSR count). The van der Waals surface area contributed by atoms with E-state index in [0.717, 1.165) is 18.6 Å². The van der Waals surface area contributed by atoms with Crippen LogP contribution in [-0.2, 0) is 11.2 Å². The minimum absolute atomic E-state index is 0. The maximum absolute atomic E-state index is 12.3. The fourth-order valence-electron chi connectivity index (χ4n) is 2.69. The van der Waals surface area contributed by atoms with Crippen LogP contribution in [0.5, 0.6) is 5.75 Å². The zero-order chi connectivity index (χ0) is 16.9. The minimum atomic E-state index is -0.273. The SMILES string of the molecule is C.O=C(Cc1ccc(=O)[nH]n1)N1CCC(Oc2cccc(Cl)c2)CC1. The lowest BCUT2D eigenvalue weighted by molar-refractivity contribution is -0.132. The van der Waals surface area contributed by atoms with Gasteiger partial charge in [0, 0.05) is 37.0 Å². The number of H-pyrrole nitrogens is 1. The smallest absolute Gasteiger partial charge is 0.264 e. The highest BCUT2D eigenvalue weighted by atomic mass is 35.5. The first kappa shape index (κ1) is 19.0. The molecule has 1 saturated heterocycles. The molecule has 1 fully saturated rings. The van der Waals surface area contributed by atoms with Crippen LogP contribution in [0.3, 0.4) is 0 Å². The molecule has 134 valence electrons. The Morgan fingerprint density at radius 3 is 2.68 bits per heavy atom. The van der Waals surface area contributed by atoms with Crippen molar-refractivity contribution in [3.8, 4) is 5.75 Å². The quantitative estimate of drug-likeness (QED) is 0.906. The van der Waals surface area contributed by atoms with Gasteiger partial charge in [0.2, 0.25) is 5.91 Å². The second kappa shape index (κ2) is 8.67. The first-order valence-electron chi connectivity index (χ1n) is 7.85. The largest absolute Gasteiger partial charge is 0.490 e. The van der Waals surface area contributed by atoms with Crippen molar-refractivity contribution in [2.45, 2.75) is 32.8 Å². The highest BCUT2D eigenvalue weighted by Crippen LogP contribution is 2.22. The molecule has 0 spiro atoms. The number of nitrogens with zero attached hydrogens (tertiary/aromatic N) is 2. The summed E-state index contributed by atoms with van der Waals surface area (Å²) in [5.41, 5.74) is 0.294. The molecule has 1 aliphatic rings. The van der Waals surface area contributed by atoms with Crippen LogP contribution < -0.4 is 10.3 Å². The fraction of sp³-hybridized carbons (Fsp3) is 0.389. The lowest BCUT2D eigenvalue weighted by Crippen LogP contribution is -2.42. The third-order valence-electron chi connectivity index (χ3n) is 3.96. The van der Waals surface area contributed by atoms with E-state index >= 15 is 0 Å². The second-order valence-corrected chi connectivity index (χ2v) is 6.18. The fourth-order valence-corrected chi connectivity index (χ4v) is 2.87. The van der Waals surface area contributed by atoms with Crippen molar-refractivity contribution < 1.29 is 9.53 Å². The summed E-state index contributed by atoms with van der Waals surface area (Å²) in [5.74, 6) is 0.764. The normalized spacial score (nSPS) is 14.7. The van der Waals surface area contributed by atoms with Crippen molar-refractivity contribution in [3.63, 3.8) is 0 Å². The van der Waals surface area contributed by atoms with Gasteiger partial charge in [-0.15, -0.1) is 0 Å². The molecule has 25 heavy (non-hydrogen) atoms. The summed E-state index contributed by atoms with van der Waals surface area (Å²) in [7, 11) is 0. The standard InChI is InChI=1S/C17H18ClN3O3.CH4/c18-12-2-1-3-15(10-12)24-14-6-8-21(9-7-14)17(23)11-13-4-5-16(22)20-19-13;/h1-5,10,14H,6-9,11H2,(H,20,22);1H4. The third-order valence-corrected chi connectivity index (χ3v) is 4.20. The molecule has 0 unspecified atom stereocenters. The molecule has 0 bridgehead atoms. The van der Waals surface area contributed by atoms with Crippen LogP contribution in [0, 0.1) is 0 Å². The number of likely N-dealkylation sites (tertiary alicyclic amines) is 1. The van der Waals surface area contributed by atoms with E-state index in [1.54, 1.807) is 18.2 Å². The molecule has 0 saturated carbocycles. The number of ether oxygens (including phenoxy) is 1. The van der Waals surface area contributed by atoms with Gasteiger partial charge >= 0.3 is 0 Å². The summed E-state index contributed by atoms with van der Waals surface area (Å²) in [4.78, 5) is 25.1. The molecular formula is C18H22ClN3O3. The molecule has 6 nitrogen and oxygen atoms in total. The second-order valence-electron chi connectivity index (χ2n) is 5.74. The lowest BCUT2D eigenvalue weighted by atomic mass is 10.1. The predicted molar refractivity (Wildman–Crippen MR) is 97.0 cm³/mol. The van der Waals surface area contributed by atoms with Crippen molar-refractivity contribution >= 4 is 17.5 Å². The highest BCUT2D eigenvalue weighted by molar-refractivity contribution is 6.30. The van der Waals surface area contributed by atoms with E-state index in [9.17, 15) is 9.59 Å². The average Bonchev–Trinajstić information content (AvgIpc) is 2.57. The Hall–Kier alpha value is -2.34. The first-order valence-corrected chi connectivity index (χ1v) is 8.22. The predicted octanol–water partition coefficient (Wildman–Crippen LogP) is 2.67. The number of aromatic nitrogens is 2. The van der Waals surface area contributed by atoms with Gasteiger partial charge in [-0.1, -0.05) is 25.1 Å². The molecule has 2 aromatic rings. The maximum Gasteiger partial charge on any atom is 0.264 e. The molecule has 1 aliphatic heterocycles. The summed E-state index contributed by atoms with van der Waals surface area (Å²) >= 11 is 5.95. The number of carbonyl (C=O) groups is 1. The minimum Gasteiger partial charge on any atom is -0.490 e. The summed E-state index contributed by atoms with van der Waals surface area (Å²) in [6, 6.07) is 10.3. The van der Waals surface area contributed by atoms with Crippen LogP contribution in [0.25, 0.3) is 0 Å². The summed E-state index contributed by atoms with van der Waals surface area (Å²) < 4.78 is 5.92. The van der Waals surface area contributed by atoms with Crippen LogP contribution in [0.4, 0.5) is 0 Å². The van der Waals surface area contributed by atoms with Gasteiger partial charge in [0.1, 0.15) is 11.9 Å². The van der Waals surface area contributed by atoms with Gasteiger partial charge in [-0.25, -0.2) is 5.10 Å². The average molecular weight is 364 g/mol. The monoisotopic (exact) mass is 363 g/mol. The highest BCUT2D eigenvalue weighted by Gasteiger charge is 2.24. The molecule has 1 amide bonds. The molecule has 0 atom stereocenters. The molecular weight excluding hydrogens is 342 g/mol. The number of benzene rings is 1. The molecule has 1 aromatic heterocycles. The zero-order valence-corrected chi connectivity index (χ0v) is 13.8. The maximum atomic E-state index is 12.3. The van der Waals surface area contributed by atoms with Crippen LogP contribution in [0.1, 0.15) is 26.0 Å². The van der Waals surface area contributed by atoms with Crippen LogP contribution >= 0.6 is 11.6 Å². The van der Waals surface area contributed by atoms with Crippen molar-refractivity contribution in [1.82, 2.24) is 15.1 Å². The van der Waals surface area contributed by atoms with Gasteiger partial charge in [-0.2, -0.15) is 5.10 Å². The Morgan fingerprint density at radius 2 is 2.04 bits per heavy atom. The van der Waals surface area contributed by atoms with Gasteiger partial charge in [0.15, 0.2) is 0 Å². The van der Waals surface area contributed by atoms with Gasteiger partial charge < -0.3 is 9.64 Å². The number of piperidine rings is 1. The van der Waals surface area contributed by atoms with E-state index in [0.29, 0.717) is 23.8 Å². The van der Waals surface area contributed by atoms with E-state index in [4.69, 9.17) is 16.3 Å². The Morgan fingerprint density at radius 1 is 1.28 bits per heavy atom. The third kappa shape index (κ3) is 5.32. The summed E-state index contributed by atoms with van der Waals surface area (Å²) in [5, 5.41) is 6.86. The molecule has 1 aromatic carbocycles. The Kier molecular flexibility index (Phi) is 6.58. The number of amides is 1. The summed E-state index contributed by atoms with van der Waals surface area (Å²) in [6.45, 7) is 1.29. The van der Waals surface area contributed by atoms with E-state index in [1.165, 1.54) is 6.07 Å².